The summed E-state index contributed by atoms with van der Waals surface area (Å²) in [5.74, 6) is 1.07. The van der Waals surface area contributed by atoms with Crippen molar-refractivity contribution in [1.29, 1.82) is 0 Å². The molecule has 1 unspecified atom stereocenters. The Bertz CT molecular complexity index is 774. The van der Waals surface area contributed by atoms with Crippen LogP contribution >= 0.6 is 0 Å². The van der Waals surface area contributed by atoms with Crippen LogP contribution in [0.3, 0.4) is 0 Å². The van der Waals surface area contributed by atoms with Crippen molar-refractivity contribution >= 4 is 5.91 Å². The van der Waals surface area contributed by atoms with Crippen molar-refractivity contribution in [3.05, 3.63) is 57.5 Å². The van der Waals surface area contributed by atoms with E-state index in [-0.39, 0.29) is 24.6 Å². The SMILES string of the molecule is Cc1cc(C2CCC2)oc(=O)c1C(=O)NCC(CO)Cc1ccco1. The Balaban J connectivity index is 1.65. The number of carbonyl (C=O) groups is 1. The molecule has 134 valence electrons. The molecule has 1 fully saturated rings. The average molecular weight is 345 g/mol. The molecule has 25 heavy (non-hydrogen) atoms. The highest BCUT2D eigenvalue weighted by atomic mass is 16.4. The Labute approximate surface area is 145 Å². The third kappa shape index (κ3) is 4.02. The first-order valence-corrected chi connectivity index (χ1v) is 8.64. The van der Waals surface area contributed by atoms with Gasteiger partial charge < -0.3 is 19.3 Å². The summed E-state index contributed by atoms with van der Waals surface area (Å²) in [5.41, 5.74) is 0.0750. The zero-order chi connectivity index (χ0) is 17.8. The van der Waals surface area contributed by atoms with Crippen molar-refractivity contribution in [3.63, 3.8) is 0 Å². The highest BCUT2D eigenvalue weighted by molar-refractivity contribution is 5.95. The number of rotatable bonds is 7. The van der Waals surface area contributed by atoms with Gasteiger partial charge in [0.1, 0.15) is 17.1 Å². The van der Waals surface area contributed by atoms with Gasteiger partial charge in [0.05, 0.1) is 6.26 Å². The van der Waals surface area contributed by atoms with Crippen LogP contribution in [0.2, 0.25) is 0 Å². The molecule has 1 amide bonds. The molecule has 1 saturated carbocycles. The molecule has 2 heterocycles. The Morgan fingerprint density at radius 1 is 1.44 bits per heavy atom. The standard InChI is InChI=1S/C19H23NO5/c1-12-8-16(14-4-2-5-14)25-19(23)17(12)18(22)20-10-13(11-21)9-15-6-3-7-24-15/h3,6-8,13-14,21H,2,4-5,9-11H2,1H3,(H,20,22). The van der Waals surface area contributed by atoms with E-state index in [1.807, 2.05) is 6.07 Å². The summed E-state index contributed by atoms with van der Waals surface area (Å²) < 4.78 is 10.6. The van der Waals surface area contributed by atoms with Crippen molar-refractivity contribution in [2.45, 2.75) is 38.5 Å². The average Bonchev–Trinajstić information content (AvgIpc) is 3.02. The fourth-order valence-electron chi connectivity index (χ4n) is 3.04. The summed E-state index contributed by atoms with van der Waals surface area (Å²) in [6.07, 6.45) is 5.28. The third-order valence-corrected chi connectivity index (χ3v) is 4.78. The quantitative estimate of drug-likeness (QED) is 0.804. The van der Waals surface area contributed by atoms with Gasteiger partial charge in [0.25, 0.3) is 5.91 Å². The van der Waals surface area contributed by atoms with Gasteiger partial charge in [-0.15, -0.1) is 0 Å². The van der Waals surface area contributed by atoms with E-state index >= 15 is 0 Å². The van der Waals surface area contributed by atoms with E-state index in [4.69, 9.17) is 8.83 Å². The molecule has 0 spiro atoms. The van der Waals surface area contributed by atoms with E-state index in [1.165, 1.54) is 0 Å². The number of nitrogens with one attached hydrogen (secondary N) is 1. The zero-order valence-corrected chi connectivity index (χ0v) is 14.3. The normalized spacial score (nSPS) is 15.6. The van der Waals surface area contributed by atoms with Crippen LogP contribution in [0.15, 0.2) is 38.1 Å². The number of hydrogen-bond donors (Lipinski definition) is 2. The number of aryl methyl sites for hydroxylation is 1. The molecular weight excluding hydrogens is 322 g/mol. The highest BCUT2D eigenvalue weighted by Crippen LogP contribution is 2.36. The molecule has 0 aromatic carbocycles. The maximum Gasteiger partial charge on any atom is 0.349 e. The first-order chi connectivity index (χ1) is 12.1. The van der Waals surface area contributed by atoms with Gasteiger partial charge in [-0.2, -0.15) is 0 Å². The van der Waals surface area contributed by atoms with Crippen LogP contribution in [0.4, 0.5) is 0 Å². The predicted molar refractivity (Wildman–Crippen MR) is 91.6 cm³/mol. The molecule has 2 aromatic heterocycles. The summed E-state index contributed by atoms with van der Waals surface area (Å²) >= 11 is 0. The molecule has 0 radical (unpaired) electrons. The van der Waals surface area contributed by atoms with E-state index in [9.17, 15) is 14.7 Å². The van der Waals surface area contributed by atoms with E-state index in [2.05, 4.69) is 5.32 Å². The summed E-state index contributed by atoms with van der Waals surface area (Å²) in [6.45, 7) is 1.91. The van der Waals surface area contributed by atoms with Gasteiger partial charge in [0.2, 0.25) is 0 Å². The maximum atomic E-state index is 12.4. The number of furan rings is 1. The molecular formula is C19H23NO5. The van der Waals surface area contributed by atoms with Crippen LogP contribution < -0.4 is 10.9 Å². The summed E-state index contributed by atoms with van der Waals surface area (Å²) in [7, 11) is 0. The minimum Gasteiger partial charge on any atom is -0.469 e. The van der Waals surface area contributed by atoms with Gasteiger partial charge in [-0.25, -0.2) is 4.79 Å². The molecule has 2 N–H and O–H groups in total. The Kier molecular flexibility index (Phi) is 5.38. The molecule has 0 bridgehead atoms. The van der Waals surface area contributed by atoms with E-state index in [0.717, 1.165) is 25.0 Å². The number of amides is 1. The van der Waals surface area contributed by atoms with Crippen molar-refractivity contribution in [2.75, 3.05) is 13.2 Å². The van der Waals surface area contributed by atoms with Crippen LogP contribution in [-0.4, -0.2) is 24.2 Å². The Morgan fingerprint density at radius 3 is 2.80 bits per heavy atom. The van der Waals surface area contributed by atoms with Gasteiger partial charge in [-0.3, -0.25) is 4.79 Å². The fraction of sp³-hybridized carbons (Fsp3) is 0.474. The van der Waals surface area contributed by atoms with E-state index in [1.54, 1.807) is 25.3 Å². The molecule has 6 heteroatoms. The Hall–Kier alpha value is -2.34. The number of aliphatic hydroxyl groups is 1. The molecule has 1 aliphatic carbocycles. The van der Waals surface area contributed by atoms with Crippen LogP contribution in [0.1, 0.15) is 52.6 Å². The predicted octanol–water partition coefficient (Wildman–Crippen LogP) is 2.39. The first-order valence-electron chi connectivity index (χ1n) is 8.64. The second-order valence-corrected chi connectivity index (χ2v) is 6.66. The van der Waals surface area contributed by atoms with Gasteiger partial charge >= 0.3 is 5.63 Å². The zero-order valence-electron chi connectivity index (χ0n) is 14.3. The lowest BCUT2D eigenvalue weighted by molar-refractivity contribution is 0.0933. The fourth-order valence-corrected chi connectivity index (χ4v) is 3.04. The lowest BCUT2D eigenvalue weighted by atomic mass is 9.83. The van der Waals surface area contributed by atoms with E-state index in [0.29, 0.717) is 23.7 Å². The summed E-state index contributed by atoms with van der Waals surface area (Å²) in [4.78, 5) is 24.6. The summed E-state index contributed by atoms with van der Waals surface area (Å²) in [5, 5.41) is 12.2. The number of aliphatic hydroxyl groups excluding tert-OH is 1. The first kappa shape index (κ1) is 17.5. The van der Waals surface area contributed by atoms with Crippen molar-refractivity contribution < 1.29 is 18.7 Å². The second kappa shape index (κ2) is 7.70. The molecule has 0 aliphatic heterocycles. The van der Waals surface area contributed by atoms with Crippen molar-refractivity contribution in [3.8, 4) is 0 Å². The molecule has 1 atom stereocenters. The molecule has 2 aromatic rings. The van der Waals surface area contributed by atoms with Gasteiger partial charge in [-0.05, 0) is 43.5 Å². The van der Waals surface area contributed by atoms with Crippen LogP contribution in [0.5, 0.6) is 0 Å². The lowest BCUT2D eigenvalue weighted by Gasteiger charge is -2.24. The molecule has 6 nitrogen and oxygen atoms in total. The smallest absolute Gasteiger partial charge is 0.349 e. The second-order valence-electron chi connectivity index (χ2n) is 6.66. The van der Waals surface area contributed by atoms with Gasteiger partial charge in [0.15, 0.2) is 0 Å². The van der Waals surface area contributed by atoms with Gasteiger partial charge in [-0.1, -0.05) is 6.42 Å². The lowest BCUT2D eigenvalue weighted by Crippen LogP contribution is -2.35. The van der Waals surface area contributed by atoms with Crippen molar-refractivity contribution in [2.24, 2.45) is 5.92 Å². The minimum atomic E-state index is -0.592. The van der Waals surface area contributed by atoms with Crippen LogP contribution in [0, 0.1) is 12.8 Å². The molecule has 3 rings (SSSR count). The highest BCUT2D eigenvalue weighted by Gasteiger charge is 2.25. The van der Waals surface area contributed by atoms with Crippen molar-refractivity contribution in [1.82, 2.24) is 5.32 Å². The van der Waals surface area contributed by atoms with E-state index < -0.39 is 11.5 Å². The monoisotopic (exact) mass is 345 g/mol. The van der Waals surface area contributed by atoms with Crippen LogP contribution in [0.25, 0.3) is 0 Å². The van der Waals surface area contributed by atoms with Crippen LogP contribution in [-0.2, 0) is 6.42 Å². The van der Waals surface area contributed by atoms with Gasteiger partial charge in [0, 0.05) is 31.4 Å². The third-order valence-electron chi connectivity index (χ3n) is 4.78. The summed E-state index contributed by atoms with van der Waals surface area (Å²) in [6, 6.07) is 5.40. The topological polar surface area (TPSA) is 92.7 Å². The number of carbonyl (C=O) groups excluding carboxylic acids is 1. The molecule has 1 aliphatic rings. The molecule has 0 saturated heterocycles. The number of hydrogen-bond acceptors (Lipinski definition) is 5. The largest absolute Gasteiger partial charge is 0.469 e. The minimum absolute atomic E-state index is 0.0396. The Morgan fingerprint density at radius 2 is 2.24 bits per heavy atom. The maximum absolute atomic E-state index is 12.4.